The third kappa shape index (κ3) is 3.25. The van der Waals surface area contributed by atoms with E-state index in [1.807, 2.05) is 79.7 Å². The largest absolute Gasteiger partial charge is 0.308 e. The van der Waals surface area contributed by atoms with Crippen LogP contribution < -0.4 is 4.90 Å². The number of fused-ring (bicyclic) bond motifs is 4. The molecule has 39 heavy (non-hydrogen) atoms. The van der Waals surface area contributed by atoms with Crippen molar-refractivity contribution in [1.29, 1.82) is 0 Å². The number of imide groups is 1. The Morgan fingerprint density at radius 3 is 2.18 bits per heavy atom. The SMILES string of the molecule is [C-]#[N+]c1ccc(-c2cccc3c4ccccc4n(-c4cccc5c4C(=O)N(c4ccccc4)C5=O)c23)c(C)c1. The molecule has 5 aromatic carbocycles. The molecule has 1 aliphatic rings. The van der Waals surface area contributed by atoms with E-state index in [1.165, 1.54) is 4.90 Å². The topological polar surface area (TPSA) is 46.7 Å². The number of nitrogens with zero attached hydrogens (tertiary/aromatic N) is 3. The zero-order chi connectivity index (χ0) is 26.7. The highest BCUT2D eigenvalue weighted by Gasteiger charge is 2.39. The summed E-state index contributed by atoms with van der Waals surface area (Å²) in [7, 11) is 0. The van der Waals surface area contributed by atoms with E-state index >= 15 is 0 Å². The first-order valence-corrected chi connectivity index (χ1v) is 12.7. The van der Waals surface area contributed by atoms with Gasteiger partial charge in [0.15, 0.2) is 5.69 Å². The number of hydrogen-bond donors (Lipinski definition) is 0. The van der Waals surface area contributed by atoms with Crippen molar-refractivity contribution in [2.45, 2.75) is 6.92 Å². The molecule has 0 N–H and O–H groups in total. The third-order valence-corrected chi connectivity index (χ3v) is 7.47. The molecular weight excluding hydrogens is 482 g/mol. The molecule has 0 aliphatic carbocycles. The number of aromatic nitrogens is 1. The first-order chi connectivity index (χ1) is 19.1. The van der Waals surface area contributed by atoms with E-state index in [-0.39, 0.29) is 11.8 Å². The number of aryl methyl sites for hydroxylation is 1. The number of benzene rings is 5. The first-order valence-electron chi connectivity index (χ1n) is 12.7. The number of rotatable bonds is 3. The van der Waals surface area contributed by atoms with E-state index in [4.69, 9.17) is 6.57 Å². The van der Waals surface area contributed by atoms with Crippen LogP contribution in [0.1, 0.15) is 26.3 Å². The Morgan fingerprint density at radius 1 is 0.667 bits per heavy atom. The van der Waals surface area contributed by atoms with Gasteiger partial charge in [-0.1, -0.05) is 84.4 Å². The summed E-state index contributed by atoms with van der Waals surface area (Å²) in [5, 5.41) is 2.10. The molecule has 0 unspecified atom stereocenters. The fourth-order valence-corrected chi connectivity index (χ4v) is 5.77. The summed E-state index contributed by atoms with van der Waals surface area (Å²) >= 11 is 0. The lowest BCUT2D eigenvalue weighted by Crippen LogP contribution is -2.29. The zero-order valence-corrected chi connectivity index (χ0v) is 21.1. The van der Waals surface area contributed by atoms with E-state index in [2.05, 4.69) is 27.6 Å². The summed E-state index contributed by atoms with van der Waals surface area (Å²) in [5.41, 5.74) is 7.48. The van der Waals surface area contributed by atoms with Crippen LogP contribution in [0.4, 0.5) is 11.4 Å². The van der Waals surface area contributed by atoms with E-state index in [0.717, 1.165) is 38.5 Å². The summed E-state index contributed by atoms with van der Waals surface area (Å²) in [5.74, 6) is -0.660. The third-order valence-electron chi connectivity index (χ3n) is 7.47. The Labute approximate surface area is 225 Å². The smallest absolute Gasteiger partial charge is 0.268 e. The van der Waals surface area contributed by atoms with Gasteiger partial charge in [-0.2, -0.15) is 0 Å². The van der Waals surface area contributed by atoms with Crippen molar-refractivity contribution in [3.63, 3.8) is 0 Å². The molecule has 0 spiro atoms. The van der Waals surface area contributed by atoms with Crippen LogP contribution >= 0.6 is 0 Å². The summed E-state index contributed by atoms with van der Waals surface area (Å²) in [6.45, 7) is 9.42. The standard InChI is InChI=1S/C34H21N3O2/c1-21-20-22(35-2)18-19-24(21)26-13-8-14-27-25-12-6-7-16-29(25)37(32(26)27)30-17-9-15-28-31(30)34(39)36(33(28)38)23-10-4-3-5-11-23/h3-20H,1H3. The fourth-order valence-electron chi connectivity index (χ4n) is 5.77. The highest BCUT2D eigenvalue weighted by atomic mass is 16.2. The molecule has 5 heteroatoms. The molecule has 2 heterocycles. The Balaban J connectivity index is 1.56. The Morgan fingerprint density at radius 2 is 1.38 bits per heavy atom. The molecular formula is C34H21N3O2. The number of anilines is 1. The zero-order valence-electron chi connectivity index (χ0n) is 21.1. The van der Waals surface area contributed by atoms with Gasteiger partial charge in [-0.3, -0.25) is 9.59 Å². The van der Waals surface area contributed by atoms with E-state index in [9.17, 15) is 9.59 Å². The monoisotopic (exact) mass is 503 g/mol. The van der Waals surface area contributed by atoms with Crippen molar-refractivity contribution in [2.24, 2.45) is 0 Å². The van der Waals surface area contributed by atoms with Crippen LogP contribution in [0.2, 0.25) is 0 Å². The van der Waals surface area contributed by atoms with Gasteiger partial charge >= 0.3 is 0 Å². The van der Waals surface area contributed by atoms with Gasteiger partial charge in [-0.05, 0) is 42.8 Å². The van der Waals surface area contributed by atoms with Crippen LogP contribution in [-0.4, -0.2) is 16.4 Å². The lowest BCUT2D eigenvalue weighted by Gasteiger charge is -2.16. The molecule has 0 saturated heterocycles. The molecule has 5 nitrogen and oxygen atoms in total. The minimum atomic E-state index is -0.335. The number of amides is 2. The average molecular weight is 504 g/mol. The van der Waals surface area contributed by atoms with Gasteiger partial charge in [-0.15, -0.1) is 0 Å². The van der Waals surface area contributed by atoms with Crippen LogP contribution in [0.15, 0.2) is 109 Å². The van der Waals surface area contributed by atoms with E-state index in [0.29, 0.717) is 28.2 Å². The number of carbonyl (C=O) groups is 2. The number of hydrogen-bond acceptors (Lipinski definition) is 2. The molecule has 6 aromatic rings. The van der Waals surface area contributed by atoms with Crippen LogP contribution in [0.3, 0.4) is 0 Å². The van der Waals surface area contributed by atoms with Crippen molar-refractivity contribution >= 4 is 45.0 Å². The van der Waals surface area contributed by atoms with Gasteiger partial charge in [0, 0.05) is 16.3 Å². The van der Waals surface area contributed by atoms with Crippen molar-refractivity contribution in [2.75, 3.05) is 4.90 Å². The van der Waals surface area contributed by atoms with Gasteiger partial charge in [0.2, 0.25) is 0 Å². The molecule has 184 valence electrons. The van der Waals surface area contributed by atoms with E-state index < -0.39 is 0 Å². The normalized spacial score (nSPS) is 12.8. The predicted octanol–water partition coefficient (Wildman–Crippen LogP) is 8.11. The molecule has 0 fully saturated rings. The average Bonchev–Trinajstić information content (AvgIpc) is 3.45. The lowest BCUT2D eigenvalue weighted by atomic mass is 9.97. The second kappa shape index (κ2) is 8.54. The summed E-state index contributed by atoms with van der Waals surface area (Å²) in [4.78, 5) is 32.3. The van der Waals surface area contributed by atoms with Gasteiger partial charge < -0.3 is 4.57 Å². The molecule has 7 rings (SSSR count). The molecule has 0 radical (unpaired) electrons. The highest BCUT2D eigenvalue weighted by molar-refractivity contribution is 6.35. The number of carbonyl (C=O) groups excluding carboxylic acids is 2. The first kappa shape index (κ1) is 22.7. The molecule has 1 aromatic heterocycles. The minimum Gasteiger partial charge on any atom is -0.308 e. The highest BCUT2D eigenvalue weighted by Crippen LogP contribution is 2.42. The summed E-state index contributed by atoms with van der Waals surface area (Å²) in [6, 6.07) is 34.6. The van der Waals surface area contributed by atoms with Crippen molar-refractivity contribution in [3.8, 4) is 16.8 Å². The van der Waals surface area contributed by atoms with Gasteiger partial charge in [0.25, 0.3) is 11.8 Å². The van der Waals surface area contributed by atoms with Gasteiger partial charge in [-0.25, -0.2) is 9.74 Å². The summed E-state index contributed by atoms with van der Waals surface area (Å²) in [6.07, 6.45) is 0. The Kier molecular flexibility index (Phi) is 4.97. The molecule has 0 atom stereocenters. The van der Waals surface area contributed by atoms with Crippen molar-refractivity contribution in [3.05, 3.63) is 137 Å². The molecule has 0 saturated carbocycles. The maximum atomic E-state index is 13.9. The molecule has 1 aliphatic heterocycles. The minimum absolute atomic E-state index is 0.324. The Bertz CT molecular complexity index is 2030. The molecule has 2 amide bonds. The van der Waals surface area contributed by atoms with Gasteiger partial charge in [0.05, 0.1) is 40.1 Å². The van der Waals surface area contributed by atoms with Crippen LogP contribution in [0, 0.1) is 13.5 Å². The molecule has 0 bridgehead atoms. The maximum Gasteiger partial charge on any atom is 0.268 e. The van der Waals surface area contributed by atoms with Crippen LogP contribution in [-0.2, 0) is 0 Å². The van der Waals surface area contributed by atoms with E-state index in [1.54, 1.807) is 18.2 Å². The predicted molar refractivity (Wildman–Crippen MR) is 155 cm³/mol. The Hall–Kier alpha value is -5.47. The van der Waals surface area contributed by atoms with Crippen LogP contribution in [0.5, 0.6) is 0 Å². The number of para-hydroxylation sites is 3. The van der Waals surface area contributed by atoms with Crippen LogP contribution in [0.25, 0.3) is 43.5 Å². The summed E-state index contributed by atoms with van der Waals surface area (Å²) < 4.78 is 2.11. The van der Waals surface area contributed by atoms with Gasteiger partial charge in [0.1, 0.15) is 0 Å². The van der Waals surface area contributed by atoms with Crippen molar-refractivity contribution < 1.29 is 9.59 Å². The quantitative estimate of drug-likeness (QED) is 0.181. The second-order valence-electron chi connectivity index (χ2n) is 9.65. The fraction of sp³-hybridized carbons (Fsp3) is 0.0294. The second-order valence-corrected chi connectivity index (χ2v) is 9.65. The lowest BCUT2D eigenvalue weighted by molar-refractivity contribution is 0.0926. The van der Waals surface area contributed by atoms with Crippen molar-refractivity contribution in [1.82, 2.24) is 4.57 Å². The maximum absolute atomic E-state index is 13.9.